The molecule has 0 spiro atoms. The van der Waals surface area contributed by atoms with E-state index in [0.717, 1.165) is 16.5 Å². The van der Waals surface area contributed by atoms with Crippen LogP contribution in [0.4, 0.5) is 11.4 Å². The average molecular weight is 208 g/mol. The van der Waals surface area contributed by atoms with Crippen LogP contribution in [0.15, 0.2) is 30.3 Å². The lowest BCUT2D eigenvalue weighted by molar-refractivity contribution is 0.0999. The van der Waals surface area contributed by atoms with Crippen LogP contribution in [0, 0.1) is 6.57 Å². The number of hydrogen-bond donors (Lipinski definition) is 0. The molecule has 0 aliphatic carbocycles. The van der Waals surface area contributed by atoms with Crippen LogP contribution in [0.25, 0.3) is 15.6 Å². The van der Waals surface area contributed by atoms with Gasteiger partial charge in [0.2, 0.25) is 0 Å². The van der Waals surface area contributed by atoms with E-state index in [4.69, 9.17) is 6.57 Å². The third kappa shape index (κ3) is 0.887. The molecule has 1 heterocycles. The van der Waals surface area contributed by atoms with Gasteiger partial charge in [0.1, 0.15) is 0 Å². The van der Waals surface area contributed by atoms with Crippen molar-refractivity contribution in [3.05, 3.63) is 47.3 Å². The lowest BCUT2D eigenvalue weighted by Gasteiger charge is -2.09. The fourth-order valence-electron chi connectivity index (χ4n) is 2.22. The molecule has 3 nitrogen and oxygen atoms in total. The Hall–Kier alpha value is -2.34. The van der Waals surface area contributed by atoms with Gasteiger partial charge in [-0.15, -0.1) is 0 Å². The highest BCUT2D eigenvalue weighted by Gasteiger charge is 2.27. The minimum absolute atomic E-state index is 0.00253. The summed E-state index contributed by atoms with van der Waals surface area (Å²) in [6.45, 7) is 7.11. The summed E-state index contributed by atoms with van der Waals surface area (Å²) in [6, 6.07) is 9.13. The van der Waals surface area contributed by atoms with E-state index in [0.29, 0.717) is 11.3 Å². The van der Waals surface area contributed by atoms with E-state index >= 15 is 0 Å². The van der Waals surface area contributed by atoms with Gasteiger partial charge in [0.15, 0.2) is 5.69 Å². The third-order valence-corrected chi connectivity index (χ3v) is 3.01. The summed E-state index contributed by atoms with van der Waals surface area (Å²) in [4.78, 5) is 17.0. The predicted molar refractivity (Wildman–Crippen MR) is 62.9 cm³/mol. The Balaban J connectivity index is 2.55. The lowest BCUT2D eigenvalue weighted by atomic mass is 10.0. The average Bonchev–Trinajstić information content (AvgIpc) is 2.57. The first kappa shape index (κ1) is 8.93. The van der Waals surface area contributed by atoms with Crippen molar-refractivity contribution in [1.29, 1.82) is 0 Å². The Morgan fingerprint density at radius 1 is 1.25 bits per heavy atom. The van der Waals surface area contributed by atoms with Crippen molar-refractivity contribution in [3.63, 3.8) is 0 Å². The van der Waals surface area contributed by atoms with E-state index < -0.39 is 0 Å². The minimum Gasteiger partial charge on any atom is -0.311 e. The van der Waals surface area contributed by atoms with Gasteiger partial charge in [0, 0.05) is 23.7 Å². The van der Waals surface area contributed by atoms with Crippen LogP contribution in [-0.2, 0) is 0 Å². The Morgan fingerprint density at radius 3 is 2.81 bits per heavy atom. The molecule has 2 aromatic rings. The van der Waals surface area contributed by atoms with Crippen LogP contribution in [0.3, 0.4) is 0 Å². The van der Waals surface area contributed by atoms with Crippen LogP contribution in [0.2, 0.25) is 0 Å². The van der Waals surface area contributed by atoms with Crippen molar-refractivity contribution in [2.75, 3.05) is 11.9 Å². The molecule has 1 amide bonds. The molecule has 0 radical (unpaired) electrons. The van der Waals surface area contributed by atoms with Gasteiger partial charge in [-0.25, -0.2) is 4.85 Å². The molecule has 0 saturated heterocycles. The van der Waals surface area contributed by atoms with Crippen LogP contribution >= 0.6 is 0 Å². The highest BCUT2D eigenvalue weighted by molar-refractivity contribution is 6.26. The highest BCUT2D eigenvalue weighted by atomic mass is 16.2. The zero-order valence-corrected chi connectivity index (χ0v) is 8.69. The second-order valence-electron chi connectivity index (χ2n) is 3.81. The van der Waals surface area contributed by atoms with Crippen molar-refractivity contribution in [2.24, 2.45) is 0 Å². The molecule has 0 unspecified atom stereocenters. The van der Waals surface area contributed by atoms with E-state index in [-0.39, 0.29) is 5.91 Å². The summed E-state index contributed by atoms with van der Waals surface area (Å²) in [6.07, 6.45) is 0. The number of carbonyl (C=O) groups is 1. The second-order valence-corrected chi connectivity index (χ2v) is 3.81. The fraction of sp³-hybridized carbons (Fsp3) is 0.0769. The molecule has 16 heavy (non-hydrogen) atoms. The first-order chi connectivity index (χ1) is 7.74. The number of amides is 1. The molecule has 3 rings (SSSR count). The molecule has 1 aliphatic rings. The first-order valence-corrected chi connectivity index (χ1v) is 4.95. The molecule has 0 saturated carbocycles. The summed E-state index contributed by atoms with van der Waals surface area (Å²) in [7, 11) is 1.76. The van der Waals surface area contributed by atoms with Gasteiger partial charge in [-0.3, -0.25) is 4.79 Å². The van der Waals surface area contributed by atoms with Crippen LogP contribution in [0.1, 0.15) is 10.4 Å². The Morgan fingerprint density at radius 2 is 2.06 bits per heavy atom. The Bertz CT molecular complexity index is 667. The molecule has 3 heteroatoms. The number of carbonyl (C=O) groups excluding carboxylic acids is 1. The zero-order chi connectivity index (χ0) is 11.3. The predicted octanol–water partition coefficient (Wildman–Crippen LogP) is 2.98. The topological polar surface area (TPSA) is 24.7 Å². The summed E-state index contributed by atoms with van der Waals surface area (Å²) >= 11 is 0. The summed E-state index contributed by atoms with van der Waals surface area (Å²) < 4.78 is 0. The monoisotopic (exact) mass is 208 g/mol. The van der Waals surface area contributed by atoms with E-state index in [2.05, 4.69) is 4.85 Å². The van der Waals surface area contributed by atoms with Gasteiger partial charge in [0.25, 0.3) is 5.91 Å². The number of anilines is 1. The standard InChI is InChI=1S/C13H8N2O/c1-14-10-6-7-11-12-8(10)4-3-5-9(12)13(16)15(11)2/h3-7H,2H3. The van der Waals surface area contributed by atoms with Gasteiger partial charge >= 0.3 is 0 Å². The highest BCUT2D eigenvalue weighted by Crippen LogP contribution is 2.40. The maximum absolute atomic E-state index is 11.9. The fourth-order valence-corrected chi connectivity index (χ4v) is 2.22. The summed E-state index contributed by atoms with van der Waals surface area (Å²) in [5.74, 6) is 0.00253. The number of nitrogens with zero attached hydrogens (tertiary/aromatic N) is 2. The van der Waals surface area contributed by atoms with E-state index in [1.807, 2.05) is 24.3 Å². The third-order valence-electron chi connectivity index (χ3n) is 3.01. The smallest absolute Gasteiger partial charge is 0.258 e. The van der Waals surface area contributed by atoms with Crippen LogP contribution in [-0.4, -0.2) is 13.0 Å². The number of benzene rings is 2. The Kier molecular flexibility index (Phi) is 1.58. The largest absolute Gasteiger partial charge is 0.311 e. The van der Waals surface area contributed by atoms with Crippen molar-refractivity contribution in [2.45, 2.75) is 0 Å². The SMILES string of the molecule is [C-]#[N+]c1ccc2c3c(cccc13)C(=O)N2C. The normalized spacial score (nSPS) is 13.2. The van der Waals surface area contributed by atoms with Crippen LogP contribution < -0.4 is 4.90 Å². The molecule has 0 bridgehead atoms. The molecule has 76 valence electrons. The second kappa shape index (κ2) is 2.83. The van der Waals surface area contributed by atoms with Gasteiger partial charge in [0.05, 0.1) is 6.57 Å². The molecule has 2 aromatic carbocycles. The summed E-state index contributed by atoms with van der Waals surface area (Å²) in [5, 5.41) is 1.77. The first-order valence-electron chi connectivity index (χ1n) is 4.95. The molecular weight excluding hydrogens is 200 g/mol. The maximum atomic E-state index is 11.9. The lowest BCUT2D eigenvalue weighted by Crippen LogP contribution is -2.20. The van der Waals surface area contributed by atoms with Gasteiger partial charge < -0.3 is 4.90 Å². The van der Waals surface area contributed by atoms with Crippen molar-refractivity contribution in [3.8, 4) is 0 Å². The number of hydrogen-bond acceptors (Lipinski definition) is 1. The van der Waals surface area contributed by atoms with E-state index in [1.165, 1.54) is 0 Å². The van der Waals surface area contributed by atoms with Gasteiger partial charge in [-0.2, -0.15) is 0 Å². The zero-order valence-electron chi connectivity index (χ0n) is 8.69. The van der Waals surface area contributed by atoms with Gasteiger partial charge in [-0.1, -0.05) is 18.2 Å². The number of rotatable bonds is 0. The molecule has 0 aromatic heterocycles. The molecular formula is C13H8N2O. The van der Waals surface area contributed by atoms with Crippen molar-refractivity contribution < 1.29 is 4.79 Å². The van der Waals surface area contributed by atoms with E-state index in [9.17, 15) is 4.79 Å². The van der Waals surface area contributed by atoms with Crippen molar-refractivity contribution in [1.82, 2.24) is 0 Å². The van der Waals surface area contributed by atoms with Crippen LogP contribution in [0.5, 0.6) is 0 Å². The quantitative estimate of drug-likeness (QED) is 0.611. The Labute approximate surface area is 92.7 Å². The van der Waals surface area contributed by atoms with E-state index in [1.54, 1.807) is 18.0 Å². The summed E-state index contributed by atoms with van der Waals surface area (Å²) in [5.41, 5.74) is 2.19. The molecule has 0 atom stereocenters. The van der Waals surface area contributed by atoms with Crippen molar-refractivity contribution >= 4 is 28.1 Å². The minimum atomic E-state index is 0.00253. The molecule has 1 aliphatic heterocycles. The molecule has 0 N–H and O–H groups in total. The maximum Gasteiger partial charge on any atom is 0.258 e. The van der Waals surface area contributed by atoms with Gasteiger partial charge in [-0.05, 0) is 17.5 Å². The molecule has 0 fully saturated rings.